The third-order valence-electron chi connectivity index (χ3n) is 4.19. The molecule has 1 fully saturated rings. The van der Waals surface area contributed by atoms with Gasteiger partial charge < -0.3 is 10.2 Å². The quantitative estimate of drug-likeness (QED) is 0.805. The minimum atomic E-state index is -3.49. The van der Waals surface area contributed by atoms with Gasteiger partial charge in [-0.1, -0.05) is 23.2 Å². The van der Waals surface area contributed by atoms with Crippen molar-refractivity contribution in [2.45, 2.75) is 17.7 Å². The molecule has 6 nitrogen and oxygen atoms in total. The number of carbonyl (C=O) groups excluding carboxylic acids is 2. The van der Waals surface area contributed by atoms with Crippen molar-refractivity contribution in [3.8, 4) is 0 Å². The van der Waals surface area contributed by atoms with Crippen molar-refractivity contribution in [2.24, 2.45) is 0 Å². The molecule has 142 valence electrons. The molecule has 1 saturated heterocycles. The normalized spacial score (nSPS) is 14.5. The van der Waals surface area contributed by atoms with E-state index in [2.05, 4.69) is 5.32 Å². The predicted octanol–water partition coefficient (Wildman–Crippen LogP) is 3.78. The van der Waals surface area contributed by atoms with Crippen molar-refractivity contribution >= 4 is 56.2 Å². The number of nitrogens with one attached hydrogen (secondary N) is 1. The third kappa shape index (κ3) is 4.26. The fourth-order valence-corrected chi connectivity index (χ4v) is 3.81. The van der Waals surface area contributed by atoms with Crippen LogP contribution in [-0.4, -0.2) is 33.0 Å². The SMILES string of the molecule is CS(=O)(=O)c1ccc(Cl)c(C(=O)Nc2cc(N3CCCC3=O)ccc2Cl)c1. The van der Waals surface area contributed by atoms with E-state index in [1.54, 1.807) is 23.1 Å². The minimum Gasteiger partial charge on any atom is -0.321 e. The lowest BCUT2D eigenvalue weighted by molar-refractivity contribution is -0.117. The van der Waals surface area contributed by atoms with Crippen molar-refractivity contribution in [1.29, 1.82) is 0 Å². The molecule has 27 heavy (non-hydrogen) atoms. The molecule has 1 aliphatic heterocycles. The molecule has 0 atom stereocenters. The molecule has 0 unspecified atom stereocenters. The zero-order valence-electron chi connectivity index (χ0n) is 14.3. The lowest BCUT2D eigenvalue weighted by Crippen LogP contribution is -2.24. The van der Waals surface area contributed by atoms with Crippen LogP contribution in [0.5, 0.6) is 0 Å². The number of halogens is 2. The Bertz CT molecular complexity index is 1040. The number of sulfone groups is 1. The van der Waals surface area contributed by atoms with Gasteiger partial charge in [-0.05, 0) is 42.8 Å². The van der Waals surface area contributed by atoms with Gasteiger partial charge in [-0.3, -0.25) is 9.59 Å². The molecule has 0 aliphatic carbocycles. The largest absolute Gasteiger partial charge is 0.321 e. The Balaban J connectivity index is 1.91. The fraction of sp³-hybridized carbons (Fsp3) is 0.222. The topological polar surface area (TPSA) is 83.6 Å². The van der Waals surface area contributed by atoms with E-state index >= 15 is 0 Å². The Morgan fingerprint density at radius 3 is 2.44 bits per heavy atom. The number of anilines is 2. The van der Waals surface area contributed by atoms with Crippen molar-refractivity contribution in [3.63, 3.8) is 0 Å². The highest BCUT2D eigenvalue weighted by atomic mass is 35.5. The van der Waals surface area contributed by atoms with Gasteiger partial charge in [0, 0.05) is 24.9 Å². The fourth-order valence-electron chi connectivity index (χ4n) is 2.80. The van der Waals surface area contributed by atoms with Crippen molar-refractivity contribution < 1.29 is 18.0 Å². The van der Waals surface area contributed by atoms with Crippen molar-refractivity contribution in [1.82, 2.24) is 0 Å². The van der Waals surface area contributed by atoms with Crippen LogP contribution >= 0.6 is 23.2 Å². The first kappa shape index (κ1) is 19.7. The molecule has 1 heterocycles. The van der Waals surface area contributed by atoms with Crippen LogP contribution in [0.25, 0.3) is 0 Å². The van der Waals surface area contributed by atoms with Gasteiger partial charge in [0.25, 0.3) is 5.91 Å². The summed E-state index contributed by atoms with van der Waals surface area (Å²) in [4.78, 5) is 26.2. The van der Waals surface area contributed by atoms with Crippen molar-refractivity contribution in [3.05, 3.63) is 52.0 Å². The summed E-state index contributed by atoms with van der Waals surface area (Å²) in [5.74, 6) is -0.587. The molecule has 0 saturated carbocycles. The van der Waals surface area contributed by atoms with E-state index in [0.29, 0.717) is 24.3 Å². The molecule has 1 aliphatic rings. The molecule has 1 N–H and O–H groups in total. The monoisotopic (exact) mass is 426 g/mol. The molecule has 0 aromatic heterocycles. The Kier molecular flexibility index (Phi) is 5.46. The maximum absolute atomic E-state index is 12.6. The number of rotatable bonds is 4. The molecule has 2 aromatic carbocycles. The Labute approximate surface area is 167 Å². The molecule has 0 spiro atoms. The van der Waals surface area contributed by atoms with Gasteiger partial charge in [-0.25, -0.2) is 8.42 Å². The van der Waals surface area contributed by atoms with E-state index in [-0.39, 0.29) is 26.4 Å². The number of carbonyl (C=O) groups is 2. The van der Waals surface area contributed by atoms with Crippen LogP contribution in [-0.2, 0) is 14.6 Å². The number of benzene rings is 2. The van der Waals surface area contributed by atoms with Crippen LogP contribution in [0.15, 0.2) is 41.3 Å². The number of nitrogens with zero attached hydrogens (tertiary/aromatic N) is 1. The van der Waals surface area contributed by atoms with Gasteiger partial charge in [-0.15, -0.1) is 0 Å². The third-order valence-corrected chi connectivity index (χ3v) is 5.96. The summed E-state index contributed by atoms with van der Waals surface area (Å²) < 4.78 is 23.4. The first-order valence-corrected chi connectivity index (χ1v) is 10.7. The average Bonchev–Trinajstić information content (AvgIpc) is 3.02. The van der Waals surface area contributed by atoms with E-state index in [4.69, 9.17) is 23.2 Å². The molecule has 0 bridgehead atoms. The van der Waals surface area contributed by atoms with Gasteiger partial charge in [0.1, 0.15) is 0 Å². The minimum absolute atomic E-state index is 0.0123. The van der Waals surface area contributed by atoms with Crippen molar-refractivity contribution in [2.75, 3.05) is 23.0 Å². The Hall–Kier alpha value is -2.09. The summed E-state index contributed by atoms with van der Waals surface area (Å²) in [6.45, 7) is 0.607. The highest BCUT2D eigenvalue weighted by Gasteiger charge is 2.23. The zero-order valence-corrected chi connectivity index (χ0v) is 16.7. The summed E-state index contributed by atoms with van der Waals surface area (Å²) in [6, 6.07) is 8.81. The smallest absolute Gasteiger partial charge is 0.257 e. The molecular weight excluding hydrogens is 411 g/mol. The van der Waals surface area contributed by atoms with Crippen LogP contribution in [0, 0.1) is 0 Å². The van der Waals surface area contributed by atoms with Gasteiger partial charge >= 0.3 is 0 Å². The second-order valence-corrected chi connectivity index (χ2v) is 9.01. The first-order valence-electron chi connectivity index (χ1n) is 8.07. The molecular formula is C18H16Cl2N2O4S. The number of amides is 2. The second-order valence-electron chi connectivity index (χ2n) is 6.18. The molecule has 3 rings (SSSR count). The van der Waals surface area contributed by atoms with Crippen LogP contribution in [0.1, 0.15) is 23.2 Å². The van der Waals surface area contributed by atoms with Gasteiger partial charge in [0.2, 0.25) is 5.91 Å². The maximum atomic E-state index is 12.6. The summed E-state index contributed by atoms with van der Waals surface area (Å²) in [6.07, 6.45) is 2.31. The van der Waals surface area contributed by atoms with Crippen LogP contribution in [0.4, 0.5) is 11.4 Å². The Morgan fingerprint density at radius 2 is 1.81 bits per heavy atom. The molecule has 2 aromatic rings. The van der Waals surface area contributed by atoms with Gasteiger partial charge in [0.05, 0.1) is 26.2 Å². The first-order chi connectivity index (χ1) is 12.7. The van der Waals surface area contributed by atoms with Gasteiger partial charge in [0.15, 0.2) is 9.84 Å². The zero-order chi connectivity index (χ0) is 19.8. The van der Waals surface area contributed by atoms with E-state index in [9.17, 15) is 18.0 Å². The molecule has 0 radical (unpaired) electrons. The summed E-state index contributed by atoms with van der Waals surface area (Å²) in [5, 5.41) is 3.04. The maximum Gasteiger partial charge on any atom is 0.257 e. The van der Waals surface area contributed by atoms with E-state index < -0.39 is 15.7 Å². The summed E-state index contributed by atoms with van der Waals surface area (Å²) >= 11 is 12.2. The van der Waals surface area contributed by atoms with E-state index in [0.717, 1.165) is 12.7 Å². The summed E-state index contributed by atoms with van der Waals surface area (Å²) in [7, 11) is -3.49. The molecule has 2 amide bonds. The van der Waals surface area contributed by atoms with Crippen LogP contribution in [0.3, 0.4) is 0 Å². The van der Waals surface area contributed by atoms with E-state index in [1.807, 2.05) is 0 Å². The second kappa shape index (κ2) is 7.50. The lowest BCUT2D eigenvalue weighted by Gasteiger charge is -2.18. The lowest BCUT2D eigenvalue weighted by atomic mass is 10.2. The molecule has 9 heteroatoms. The van der Waals surface area contributed by atoms with Crippen LogP contribution in [0.2, 0.25) is 10.0 Å². The average molecular weight is 427 g/mol. The van der Waals surface area contributed by atoms with E-state index in [1.165, 1.54) is 18.2 Å². The van der Waals surface area contributed by atoms with Crippen LogP contribution < -0.4 is 10.2 Å². The highest BCUT2D eigenvalue weighted by Crippen LogP contribution is 2.31. The number of hydrogen-bond acceptors (Lipinski definition) is 4. The highest BCUT2D eigenvalue weighted by molar-refractivity contribution is 7.90. The number of hydrogen-bond donors (Lipinski definition) is 1. The Morgan fingerprint density at radius 1 is 1.11 bits per heavy atom. The summed E-state index contributed by atoms with van der Waals surface area (Å²) in [5.41, 5.74) is 0.950. The standard InChI is InChI=1S/C18H16Cl2N2O4S/c1-27(25,26)12-5-7-14(19)13(10-12)18(24)21-16-9-11(4-6-15(16)20)22-8-2-3-17(22)23/h4-7,9-10H,2-3,8H2,1H3,(H,21,24). The van der Waals surface area contributed by atoms with Gasteiger partial charge in [-0.2, -0.15) is 0 Å². The predicted molar refractivity (Wildman–Crippen MR) is 106 cm³/mol.